The lowest BCUT2D eigenvalue weighted by Gasteiger charge is -2.32. The number of morpholine rings is 1. The third-order valence-electron chi connectivity index (χ3n) is 3.73. The summed E-state index contributed by atoms with van der Waals surface area (Å²) in [5.41, 5.74) is 0.608. The molecular weight excluding hydrogens is 303 g/mol. The normalized spacial score (nSPS) is 18.1. The van der Waals surface area contributed by atoms with Gasteiger partial charge >= 0.3 is 5.97 Å². The van der Waals surface area contributed by atoms with Crippen molar-refractivity contribution >= 4 is 22.8 Å². The summed E-state index contributed by atoms with van der Waals surface area (Å²) >= 11 is 0. The topological polar surface area (TPSA) is 79.7 Å². The average molecular weight is 318 g/mol. The first-order valence-corrected chi connectivity index (χ1v) is 7.21. The molecule has 0 aliphatic carbocycles. The van der Waals surface area contributed by atoms with Gasteiger partial charge in [-0.2, -0.15) is 0 Å². The molecule has 1 aliphatic rings. The van der Waals surface area contributed by atoms with Crippen LogP contribution in [0.2, 0.25) is 0 Å². The standard InChI is InChI=1S/C16H15FN2O4/c17-11-6-10-2-1-3-18-15(10)13(7-11)16(22)19-4-5-23-12(9-19)8-14(20)21/h1-3,6-7,12H,4-5,8-9H2,(H,20,21). The molecule has 1 amide bonds. The maximum atomic E-state index is 13.8. The van der Waals surface area contributed by atoms with Gasteiger partial charge in [0, 0.05) is 24.7 Å². The molecule has 0 bridgehead atoms. The second-order valence-corrected chi connectivity index (χ2v) is 5.37. The van der Waals surface area contributed by atoms with Crippen LogP contribution in [0.4, 0.5) is 4.39 Å². The van der Waals surface area contributed by atoms with Gasteiger partial charge in [-0.05, 0) is 18.2 Å². The molecule has 1 unspecified atom stereocenters. The number of ether oxygens (including phenoxy) is 1. The number of aromatic nitrogens is 1. The fraction of sp³-hybridized carbons (Fsp3) is 0.312. The molecule has 1 atom stereocenters. The minimum Gasteiger partial charge on any atom is -0.481 e. The van der Waals surface area contributed by atoms with E-state index in [-0.39, 0.29) is 31.0 Å². The molecule has 1 saturated heterocycles. The van der Waals surface area contributed by atoms with E-state index in [9.17, 15) is 14.0 Å². The molecule has 0 spiro atoms. The van der Waals surface area contributed by atoms with Crippen molar-refractivity contribution in [3.63, 3.8) is 0 Å². The summed E-state index contributed by atoms with van der Waals surface area (Å²) in [7, 11) is 0. The number of rotatable bonds is 3. The number of carboxylic acids is 1. The highest BCUT2D eigenvalue weighted by atomic mass is 19.1. The molecule has 3 rings (SSSR count). The summed E-state index contributed by atoms with van der Waals surface area (Å²) in [5.74, 6) is -1.86. The van der Waals surface area contributed by atoms with Gasteiger partial charge in [0.25, 0.3) is 5.91 Å². The first-order chi connectivity index (χ1) is 11.0. The molecule has 1 N–H and O–H groups in total. The van der Waals surface area contributed by atoms with Gasteiger partial charge in [-0.15, -0.1) is 0 Å². The summed E-state index contributed by atoms with van der Waals surface area (Å²) in [6, 6.07) is 5.85. The molecule has 1 aromatic carbocycles. The number of benzene rings is 1. The number of amides is 1. The Labute approximate surface area is 131 Å². The number of halogens is 1. The zero-order chi connectivity index (χ0) is 16.4. The second kappa shape index (κ2) is 6.29. The summed E-state index contributed by atoms with van der Waals surface area (Å²) in [6.45, 7) is 0.750. The lowest BCUT2D eigenvalue weighted by atomic mass is 10.1. The summed E-state index contributed by atoms with van der Waals surface area (Å²) in [6.07, 6.45) is 0.813. The molecule has 1 aromatic heterocycles. The van der Waals surface area contributed by atoms with Crippen LogP contribution in [0.1, 0.15) is 16.8 Å². The van der Waals surface area contributed by atoms with Crippen LogP contribution in [0.25, 0.3) is 10.9 Å². The van der Waals surface area contributed by atoms with Crippen molar-refractivity contribution in [3.05, 3.63) is 41.8 Å². The van der Waals surface area contributed by atoms with Gasteiger partial charge in [0.15, 0.2) is 0 Å². The van der Waals surface area contributed by atoms with Crippen molar-refractivity contribution in [2.45, 2.75) is 12.5 Å². The third kappa shape index (κ3) is 3.29. The summed E-state index contributed by atoms with van der Waals surface area (Å²) in [5, 5.41) is 9.39. The SMILES string of the molecule is O=C(O)CC1CN(C(=O)c2cc(F)cc3cccnc23)CCO1. The Balaban J connectivity index is 1.89. The molecule has 0 radical (unpaired) electrons. The molecule has 2 heterocycles. The number of aliphatic carboxylic acids is 1. The molecule has 0 saturated carbocycles. The van der Waals surface area contributed by atoms with E-state index in [2.05, 4.69) is 4.98 Å². The van der Waals surface area contributed by atoms with E-state index in [0.29, 0.717) is 17.4 Å². The first-order valence-electron chi connectivity index (χ1n) is 7.21. The molecule has 120 valence electrons. The quantitative estimate of drug-likeness (QED) is 0.931. The third-order valence-corrected chi connectivity index (χ3v) is 3.73. The molecule has 23 heavy (non-hydrogen) atoms. The first kappa shape index (κ1) is 15.4. The van der Waals surface area contributed by atoms with Crippen molar-refractivity contribution in [3.8, 4) is 0 Å². The highest BCUT2D eigenvalue weighted by Crippen LogP contribution is 2.21. The van der Waals surface area contributed by atoms with Crippen molar-refractivity contribution < 1.29 is 23.8 Å². The Kier molecular flexibility index (Phi) is 4.20. The monoisotopic (exact) mass is 318 g/mol. The Morgan fingerprint density at radius 3 is 3.04 bits per heavy atom. The van der Waals surface area contributed by atoms with Crippen LogP contribution in [0.3, 0.4) is 0 Å². The van der Waals surface area contributed by atoms with Crippen LogP contribution in [0, 0.1) is 5.82 Å². The van der Waals surface area contributed by atoms with E-state index in [1.165, 1.54) is 17.0 Å². The van der Waals surface area contributed by atoms with Gasteiger partial charge in [0.2, 0.25) is 0 Å². The van der Waals surface area contributed by atoms with Crippen LogP contribution in [0.5, 0.6) is 0 Å². The fourth-order valence-corrected chi connectivity index (χ4v) is 2.71. The van der Waals surface area contributed by atoms with Gasteiger partial charge in [-0.1, -0.05) is 6.07 Å². The Morgan fingerprint density at radius 2 is 2.26 bits per heavy atom. The van der Waals surface area contributed by atoms with E-state index in [1.54, 1.807) is 18.3 Å². The lowest BCUT2D eigenvalue weighted by Crippen LogP contribution is -2.46. The van der Waals surface area contributed by atoms with Crippen LogP contribution < -0.4 is 0 Å². The number of carbonyl (C=O) groups is 2. The molecule has 7 heteroatoms. The van der Waals surface area contributed by atoms with Gasteiger partial charge in [-0.3, -0.25) is 14.6 Å². The van der Waals surface area contributed by atoms with Crippen molar-refractivity contribution in [1.29, 1.82) is 0 Å². The maximum Gasteiger partial charge on any atom is 0.306 e. The second-order valence-electron chi connectivity index (χ2n) is 5.37. The molecule has 1 aliphatic heterocycles. The number of hydrogen-bond acceptors (Lipinski definition) is 4. The summed E-state index contributed by atoms with van der Waals surface area (Å²) < 4.78 is 19.1. The average Bonchev–Trinajstić information content (AvgIpc) is 2.53. The number of carbonyl (C=O) groups excluding carboxylic acids is 1. The van der Waals surface area contributed by atoms with Gasteiger partial charge in [0.05, 0.1) is 30.2 Å². The van der Waals surface area contributed by atoms with Gasteiger partial charge < -0.3 is 14.7 Å². The van der Waals surface area contributed by atoms with E-state index < -0.39 is 17.9 Å². The van der Waals surface area contributed by atoms with E-state index in [0.717, 1.165) is 0 Å². The number of pyridine rings is 1. The van der Waals surface area contributed by atoms with Crippen molar-refractivity contribution in [2.24, 2.45) is 0 Å². The number of nitrogens with zero attached hydrogens (tertiary/aromatic N) is 2. The molecule has 6 nitrogen and oxygen atoms in total. The van der Waals surface area contributed by atoms with Crippen LogP contribution >= 0.6 is 0 Å². The molecular formula is C16H15FN2O4. The zero-order valence-electron chi connectivity index (χ0n) is 12.2. The summed E-state index contributed by atoms with van der Waals surface area (Å²) in [4.78, 5) is 29.2. The highest BCUT2D eigenvalue weighted by molar-refractivity contribution is 6.05. The Hall–Kier alpha value is -2.54. The van der Waals surface area contributed by atoms with Crippen LogP contribution in [0.15, 0.2) is 30.5 Å². The minimum atomic E-state index is -0.984. The van der Waals surface area contributed by atoms with Crippen LogP contribution in [-0.2, 0) is 9.53 Å². The van der Waals surface area contributed by atoms with E-state index >= 15 is 0 Å². The molecule has 1 fully saturated rings. The maximum absolute atomic E-state index is 13.8. The Morgan fingerprint density at radius 1 is 1.43 bits per heavy atom. The van der Waals surface area contributed by atoms with Crippen molar-refractivity contribution in [1.82, 2.24) is 9.88 Å². The smallest absolute Gasteiger partial charge is 0.306 e. The Bertz CT molecular complexity index is 765. The van der Waals surface area contributed by atoms with Gasteiger partial charge in [-0.25, -0.2) is 4.39 Å². The lowest BCUT2D eigenvalue weighted by molar-refractivity contribution is -0.141. The van der Waals surface area contributed by atoms with E-state index in [1.807, 2.05) is 0 Å². The number of carboxylic acid groups (broad SMARTS) is 1. The minimum absolute atomic E-state index is 0.163. The fourth-order valence-electron chi connectivity index (χ4n) is 2.71. The predicted octanol–water partition coefficient (Wildman–Crippen LogP) is 1.69. The zero-order valence-corrected chi connectivity index (χ0v) is 12.2. The van der Waals surface area contributed by atoms with Crippen molar-refractivity contribution in [2.75, 3.05) is 19.7 Å². The van der Waals surface area contributed by atoms with E-state index in [4.69, 9.17) is 9.84 Å². The number of hydrogen-bond donors (Lipinski definition) is 1. The number of fused-ring (bicyclic) bond motifs is 1. The largest absolute Gasteiger partial charge is 0.481 e. The highest BCUT2D eigenvalue weighted by Gasteiger charge is 2.28. The predicted molar refractivity (Wildman–Crippen MR) is 79.6 cm³/mol. The molecule has 2 aromatic rings. The van der Waals surface area contributed by atoms with Gasteiger partial charge in [0.1, 0.15) is 5.82 Å². The van der Waals surface area contributed by atoms with Crippen LogP contribution in [-0.4, -0.2) is 52.7 Å².